The van der Waals surface area contributed by atoms with Crippen LogP contribution in [0.3, 0.4) is 0 Å². The van der Waals surface area contributed by atoms with E-state index in [2.05, 4.69) is 128 Å². The summed E-state index contributed by atoms with van der Waals surface area (Å²) >= 11 is 0. The lowest BCUT2D eigenvalue weighted by Gasteiger charge is -2.28. The fourth-order valence-electron chi connectivity index (χ4n) is 6.28. The van der Waals surface area contributed by atoms with Crippen LogP contribution in [0.25, 0.3) is 22.3 Å². The number of nitrogens with zero attached hydrogens (tertiary/aromatic N) is 1. The van der Waals surface area contributed by atoms with E-state index < -0.39 is 0 Å². The molecule has 2 nitrogen and oxygen atoms in total. The van der Waals surface area contributed by atoms with Gasteiger partial charge in [-0.05, 0) is 87.8 Å². The normalized spacial score (nSPS) is 14.6. The summed E-state index contributed by atoms with van der Waals surface area (Å²) in [7, 11) is 0. The van der Waals surface area contributed by atoms with Crippen LogP contribution in [0.2, 0.25) is 0 Å². The maximum absolute atomic E-state index is 12.1. The lowest BCUT2D eigenvalue weighted by atomic mass is 9.81. The van der Waals surface area contributed by atoms with Crippen LogP contribution in [0, 0.1) is 0 Å². The summed E-state index contributed by atoms with van der Waals surface area (Å²) in [6, 6.07) is 41.3. The van der Waals surface area contributed by atoms with E-state index in [4.69, 9.17) is 0 Å². The highest BCUT2D eigenvalue weighted by Crippen LogP contribution is 2.51. The first-order valence-electron chi connectivity index (χ1n) is 13.4. The molecule has 0 spiro atoms. The standard InChI is InChI=1S/C36H29NO/c1-36(2)33-22-25(24-13-17-30-26(21-24)15-20-35(30)38)14-18-31(33)32-19-16-29(23-34(32)36)37(27-9-5-3-6-10-27)28-11-7-4-8-12-28/h3-14,16-19,21-23H,15,20H2,1-2H3. The van der Waals surface area contributed by atoms with Crippen LogP contribution in [0.1, 0.15) is 47.3 Å². The van der Waals surface area contributed by atoms with Gasteiger partial charge in [0.2, 0.25) is 0 Å². The summed E-state index contributed by atoms with van der Waals surface area (Å²) in [4.78, 5) is 14.5. The monoisotopic (exact) mass is 491 g/mol. The topological polar surface area (TPSA) is 20.3 Å². The Bertz CT molecular complexity index is 1660. The van der Waals surface area contributed by atoms with Gasteiger partial charge in [0.25, 0.3) is 0 Å². The summed E-state index contributed by atoms with van der Waals surface area (Å²) in [5.41, 5.74) is 13.1. The van der Waals surface area contributed by atoms with Gasteiger partial charge in [-0.3, -0.25) is 4.79 Å². The average Bonchev–Trinajstić information content (AvgIpc) is 3.43. The highest BCUT2D eigenvalue weighted by Gasteiger charge is 2.36. The molecule has 5 aromatic rings. The van der Waals surface area contributed by atoms with E-state index in [1.165, 1.54) is 38.9 Å². The second kappa shape index (κ2) is 8.56. The van der Waals surface area contributed by atoms with E-state index in [0.29, 0.717) is 6.42 Å². The number of rotatable bonds is 4. The van der Waals surface area contributed by atoms with E-state index in [0.717, 1.165) is 29.0 Å². The number of anilines is 3. The van der Waals surface area contributed by atoms with Crippen molar-refractivity contribution in [3.05, 3.63) is 138 Å². The van der Waals surface area contributed by atoms with Crippen molar-refractivity contribution in [2.75, 3.05) is 4.90 Å². The van der Waals surface area contributed by atoms with Crippen LogP contribution in [0.4, 0.5) is 17.1 Å². The van der Waals surface area contributed by atoms with Crippen molar-refractivity contribution in [3.8, 4) is 22.3 Å². The van der Waals surface area contributed by atoms with E-state index in [-0.39, 0.29) is 11.2 Å². The molecule has 0 saturated carbocycles. The third-order valence-corrected chi connectivity index (χ3v) is 8.31. The first-order valence-corrected chi connectivity index (χ1v) is 13.4. The Morgan fingerprint density at radius 1 is 0.553 bits per heavy atom. The number of ketones is 1. The molecule has 0 aromatic heterocycles. The largest absolute Gasteiger partial charge is 0.310 e. The van der Waals surface area contributed by atoms with Crippen molar-refractivity contribution in [2.24, 2.45) is 0 Å². The minimum atomic E-state index is -0.136. The minimum Gasteiger partial charge on any atom is -0.310 e. The van der Waals surface area contributed by atoms with Gasteiger partial charge in [-0.1, -0.05) is 86.6 Å². The SMILES string of the molecule is CC1(C)c2cc(-c3ccc4c(c3)CCC4=O)ccc2-c2ccc(N(c3ccccc3)c3ccccc3)cc21. The molecule has 184 valence electrons. The van der Waals surface area contributed by atoms with Crippen LogP contribution in [-0.4, -0.2) is 5.78 Å². The van der Waals surface area contributed by atoms with E-state index in [1.807, 2.05) is 6.07 Å². The van der Waals surface area contributed by atoms with Crippen LogP contribution in [0.5, 0.6) is 0 Å². The molecule has 7 rings (SSSR count). The van der Waals surface area contributed by atoms with Gasteiger partial charge in [-0.2, -0.15) is 0 Å². The number of carbonyl (C=O) groups excluding carboxylic acids is 1. The Balaban J connectivity index is 1.32. The molecular weight excluding hydrogens is 462 g/mol. The second-order valence-electron chi connectivity index (χ2n) is 10.9. The van der Waals surface area contributed by atoms with Crippen molar-refractivity contribution in [3.63, 3.8) is 0 Å². The molecule has 0 heterocycles. The third-order valence-electron chi connectivity index (χ3n) is 8.31. The maximum Gasteiger partial charge on any atom is 0.163 e. The van der Waals surface area contributed by atoms with E-state index in [9.17, 15) is 4.79 Å². The molecule has 2 aliphatic carbocycles. The number of hydrogen-bond donors (Lipinski definition) is 0. The molecule has 2 aliphatic rings. The van der Waals surface area contributed by atoms with Crippen molar-refractivity contribution in [2.45, 2.75) is 32.1 Å². The Kier molecular flexibility index (Phi) is 5.13. The minimum absolute atomic E-state index is 0.136. The quantitative estimate of drug-likeness (QED) is 0.250. The first kappa shape index (κ1) is 22.7. The summed E-state index contributed by atoms with van der Waals surface area (Å²) in [5, 5.41) is 0. The summed E-state index contributed by atoms with van der Waals surface area (Å²) in [6.07, 6.45) is 1.49. The lowest BCUT2D eigenvalue weighted by molar-refractivity contribution is 0.0994. The van der Waals surface area contributed by atoms with Crippen LogP contribution >= 0.6 is 0 Å². The molecule has 5 aromatic carbocycles. The van der Waals surface area contributed by atoms with Gasteiger partial charge >= 0.3 is 0 Å². The molecule has 2 heteroatoms. The highest BCUT2D eigenvalue weighted by molar-refractivity contribution is 6.01. The molecule has 0 saturated heterocycles. The zero-order valence-corrected chi connectivity index (χ0v) is 21.7. The van der Waals surface area contributed by atoms with Gasteiger partial charge in [0.15, 0.2) is 5.78 Å². The molecule has 0 unspecified atom stereocenters. The Morgan fingerprint density at radius 2 is 1.11 bits per heavy atom. The van der Waals surface area contributed by atoms with Crippen LogP contribution in [0.15, 0.2) is 115 Å². The lowest BCUT2D eigenvalue weighted by Crippen LogP contribution is -2.16. The Labute approximate surface area is 224 Å². The molecule has 0 N–H and O–H groups in total. The molecule has 0 aliphatic heterocycles. The number of carbonyl (C=O) groups is 1. The van der Waals surface area contributed by atoms with Crippen LogP contribution in [-0.2, 0) is 11.8 Å². The van der Waals surface area contributed by atoms with Gasteiger partial charge in [-0.25, -0.2) is 0 Å². The fourth-order valence-corrected chi connectivity index (χ4v) is 6.28. The highest BCUT2D eigenvalue weighted by atomic mass is 16.1. The molecular formula is C36H29NO. The van der Waals surface area contributed by atoms with Crippen LogP contribution < -0.4 is 4.90 Å². The molecule has 0 fully saturated rings. The third kappa shape index (κ3) is 3.52. The molecule has 0 amide bonds. The van der Waals surface area contributed by atoms with Gasteiger partial charge in [-0.15, -0.1) is 0 Å². The predicted molar refractivity (Wildman–Crippen MR) is 157 cm³/mol. The van der Waals surface area contributed by atoms with Crippen molar-refractivity contribution in [1.82, 2.24) is 0 Å². The fraction of sp³-hybridized carbons (Fsp3) is 0.139. The zero-order chi connectivity index (χ0) is 25.9. The number of Topliss-reactive ketones (excluding diaryl/α,β-unsaturated/α-hetero) is 1. The number of fused-ring (bicyclic) bond motifs is 4. The number of aryl methyl sites for hydroxylation is 1. The number of hydrogen-bond acceptors (Lipinski definition) is 2. The van der Waals surface area contributed by atoms with Gasteiger partial charge in [0.1, 0.15) is 0 Å². The number of benzene rings is 5. The number of para-hydroxylation sites is 2. The van der Waals surface area contributed by atoms with Gasteiger partial charge in [0.05, 0.1) is 0 Å². The summed E-state index contributed by atoms with van der Waals surface area (Å²) in [5.74, 6) is 0.271. The van der Waals surface area contributed by atoms with E-state index in [1.54, 1.807) is 0 Å². The summed E-state index contributed by atoms with van der Waals surface area (Å²) < 4.78 is 0. The van der Waals surface area contributed by atoms with E-state index >= 15 is 0 Å². The second-order valence-corrected chi connectivity index (χ2v) is 10.9. The predicted octanol–water partition coefficient (Wildman–Crippen LogP) is 9.26. The Morgan fingerprint density at radius 3 is 1.76 bits per heavy atom. The average molecular weight is 492 g/mol. The van der Waals surface area contributed by atoms with Gasteiger partial charge < -0.3 is 4.90 Å². The molecule has 0 bridgehead atoms. The summed E-state index contributed by atoms with van der Waals surface area (Å²) in [6.45, 7) is 4.67. The van der Waals surface area contributed by atoms with Crippen molar-refractivity contribution < 1.29 is 4.79 Å². The first-order chi connectivity index (χ1) is 18.5. The maximum atomic E-state index is 12.1. The molecule has 38 heavy (non-hydrogen) atoms. The van der Waals surface area contributed by atoms with Crippen molar-refractivity contribution in [1.29, 1.82) is 0 Å². The zero-order valence-electron chi connectivity index (χ0n) is 21.7. The van der Waals surface area contributed by atoms with Crippen molar-refractivity contribution >= 4 is 22.8 Å². The molecule has 0 radical (unpaired) electrons. The van der Waals surface area contributed by atoms with Gasteiger partial charge in [0, 0.05) is 34.5 Å². The Hall–Kier alpha value is -4.43. The smallest absolute Gasteiger partial charge is 0.163 e. The molecule has 0 atom stereocenters.